The van der Waals surface area contributed by atoms with Gasteiger partial charge in [-0.15, -0.1) is 0 Å². The van der Waals surface area contributed by atoms with Crippen molar-refractivity contribution >= 4 is 17.6 Å². The number of imide groups is 1. The van der Waals surface area contributed by atoms with Crippen LogP contribution in [-0.4, -0.2) is 76.0 Å². The van der Waals surface area contributed by atoms with E-state index in [-0.39, 0.29) is 30.9 Å². The van der Waals surface area contributed by atoms with Crippen molar-refractivity contribution in [1.82, 2.24) is 25.0 Å². The van der Waals surface area contributed by atoms with Crippen LogP contribution in [0.25, 0.3) is 0 Å². The Labute approximate surface area is 171 Å². The first-order valence-electron chi connectivity index (χ1n) is 9.87. The van der Waals surface area contributed by atoms with Crippen LogP contribution >= 0.6 is 0 Å². The predicted molar refractivity (Wildman–Crippen MR) is 111 cm³/mol. The number of benzene rings is 1. The molecule has 1 aromatic rings. The average molecular weight is 396 g/mol. The molecule has 3 amide bonds. The molecule has 4 rings (SSSR count). The molecule has 154 valence electrons. The summed E-state index contributed by atoms with van der Waals surface area (Å²) in [6, 6.07) is 7.61. The molecular weight excluding hydrogens is 368 g/mol. The summed E-state index contributed by atoms with van der Waals surface area (Å²) < 4.78 is 0. The fourth-order valence-electron chi connectivity index (χ4n) is 4.27. The summed E-state index contributed by atoms with van der Waals surface area (Å²) >= 11 is 0. The van der Waals surface area contributed by atoms with Crippen molar-refractivity contribution in [3.05, 3.63) is 47.5 Å². The van der Waals surface area contributed by atoms with Gasteiger partial charge in [-0.05, 0) is 26.3 Å². The van der Waals surface area contributed by atoms with Gasteiger partial charge in [0, 0.05) is 19.3 Å². The van der Waals surface area contributed by atoms with Gasteiger partial charge >= 0.3 is 6.03 Å². The number of likely N-dealkylation sites (N-methyl/N-ethyl adjacent to an activating group) is 1. The van der Waals surface area contributed by atoms with Gasteiger partial charge in [-0.1, -0.05) is 42.0 Å². The molecule has 0 radical (unpaired) electrons. The Morgan fingerprint density at radius 3 is 2.59 bits per heavy atom. The Bertz CT molecular complexity index is 880. The van der Waals surface area contributed by atoms with Crippen molar-refractivity contribution in [2.24, 2.45) is 5.10 Å². The van der Waals surface area contributed by atoms with Crippen molar-refractivity contribution in [1.29, 1.82) is 0 Å². The van der Waals surface area contributed by atoms with Gasteiger partial charge in [0.05, 0.1) is 13.1 Å². The van der Waals surface area contributed by atoms with E-state index in [1.807, 2.05) is 18.9 Å². The van der Waals surface area contributed by atoms with Crippen LogP contribution in [0.4, 0.5) is 4.79 Å². The SMILES string of the molecule is C=C(C)CN1C(=O)C2C(NC3N(Cc4ccc(C)cc4)N=C(C)CN23)N(C)C1=O. The Hall–Kier alpha value is -2.71. The summed E-state index contributed by atoms with van der Waals surface area (Å²) in [6.45, 7) is 11.2. The van der Waals surface area contributed by atoms with E-state index in [4.69, 9.17) is 5.10 Å². The summed E-state index contributed by atoms with van der Waals surface area (Å²) in [5.74, 6) is -0.180. The molecule has 3 atom stereocenters. The molecule has 8 nitrogen and oxygen atoms in total. The zero-order chi connectivity index (χ0) is 20.9. The third-order valence-corrected chi connectivity index (χ3v) is 5.65. The van der Waals surface area contributed by atoms with Crippen LogP contribution in [0.2, 0.25) is 0 Å². The van der Waals surface area contributed by atoms with E-state index >= 15 is 0 Å². The normalized spacial score (nSPS) is 27.1. The molecule has 1 aromatic carbocycles. The minimum Gasteiger partial charge on any atom is -0.310 e. The lowest BCUT2D eigenvalue weighted by molar-refractivity contribution is -0.138. The maximum absolute atomic E-state index is 13.3. The Morgan fingerprint density at radius 2 is 1.93 bits per heavy atom. The van der Waals surface area contributed by atoms with E-state index in [9.17, 15) is 9.59 Å². The first kappa shape index (κ1) is 19.6. The number of aryl methyl sites for hydroxylation is 1. The lowest BCUT2D eigenvalue weighted by Gasteiger charge is -2.42. The largest absolute Gasteiger partial charge is 0.328 e. The summed E-state index contributed by atoms with van der Waals surface area (Å²) in [4.78, 5) is 31.1. The second kappa shape index (κ2) is 7.27. The second-order valence-corrected chi connectivity index (χ2v) is 8.30. The Balaban J connectivity index is 1.62. The fraction of sp³-hybridized carbons (Fsp3) is 0.476. The molecule has 0 bridgehead atoms. The highest BCUT2D eigenvalue weighted by Gasteiger charge is 2.56. The Kier molecular flexibility index (Phi) is 4.92. The number of hydrazone groups is 1. The number of rotatable bonds is 4. The van der Waals surface area contributed by atoms with Gasteiger partial charge in [0.15, 0.2) is 6.29 Å². The minimum absolute atomic E-state index is 0.180. The number of carbonyl (C=O) groups is 2. The molecule has 0 spiro atoms. The topological polar surface area (TPSA) is 71.5 Å². The van der Waals surface area contributed by atoms with E-state index in [0.717, 1.165) is 16.8 Å². The number of nitrogens with one attached hydrogen (secondary N) is 1. The quantitative estimate of drug-likeness (QED) is 0.782. The van der Waals surface area contributed by atoms with Crippen LogP contribution < -0.4 is 5.32 Å². The summed E-state index contributed by atoms with van der Waals surface area (Å²) in [7, 11) is 1.74. The van der Waals surface area contributed by atoms with Crippen LogP contribution in [0.5, 0.6) is 0 Å². The second-order valence-electron chi connectivity index (χ2n) is 8.30. The van der Waals surface area contributed by atoms with Crippen LogP contribution in [0, 0.1) is 6.92 Å². The highest BCUT2D eigenvalue weighted by Crippen LogP contribution is 2.31. The van der Waals surface area contributed by atoms with Crippen molar-refractivity contribution in [3.63, 3.8) is 0 Å². The number of carbonyl (C=O) groups excluding carboxylic acids is 2. The molecule has 8 heteroatoms. The number of hydrogen-bond acceptors (Lipinski definition) is 6. The molecule has 2 saturated heterocycles. The molecule has 3 heterocycles. The number of urea groups is 1. The molecule has 0 aromatic heterocycles. The van der Waals surface area contributed by atoms with Gasteiger partial charge in [-0.25, -0.2) is 9.69 Å². The predicted octanol–water partition coefficient (Wildman–Crippen LogP) is 1.54. The molecule has 3 unspecified atom stereocenters. The van der Waals surface area contributed by atoms with Crippen molar-refractivity contribution in [3.8, 4) is 0 Å². The van der Waals surface area contributed by atoms with Crippen LogP contribution in [0.15, 0.2) is 41.5 Å². The number of nitrogens with zero attached hydrogens (tertiary/aromatic N) is 5. The van der Waals surface area contributed by atoms with Gasteiger partial charge in [0.1, 0.15) is 12.2 Å². The smallest absolute Gasteiger partial charge is 0.310 e. The van der Waals surface area contributed by atoms with E-state index in [0.29, 0.717) is 13.1 Å². The molecule has 29 heavy (non-hydrogen) atoms. The lowest BCUT2D eigenvalue weighted by atomic mass is 10.1. The zero-order valence-electron chi connectivity index (χ0n) is 17.4. The highest BCUT2D eigenvalue weighted by atomic mass is 16.2. The molecular formula is C21H28N6O2. The average Bonchev–Trinajstić information content (AvgIpc) is 3.05. The van der Waals surface area contributed by atoms with Gasteiger partial charge in [-0.3, -0.25) is 20.0 Å². The maximum Gasteiger partial charge on any atom is 0.328 e. The molecule has 3 aliphatic heterocycles. The fourth-order valence-corrected chi connectivity index (χ4v) is 4.27. The monoisotopic (exact) mass is 396 g/mol. The minimum atomic E-state index is -0.451. The first-order chi connectivity index (χ1) is 13.8. The zero-order valence-corrected chi connectivity index (χ0v) is 17.4. The standard InChI is InChI=1S/C21H28N6O2/c1-13(2)10-26-19(28)17-18(24(5)21(26)29)22-20-25(17)11-15(4)23-27(20)12-16-8-6-14(3)7-9-16/h6-9,17-18,20,22H,1,10-12H2,2-5H3. The summed E-state index contributed by atoms with van der Waals surface area (Å²) in [5.41, 5.74) is 4.07. The molecule has 3 aliphatic rings. The van der Waals surface area contributed by atoms with Crippen molar-refractivity contribution in [2.45, 2.75) is 45.8 Å². The molecule has 2 fully saturated rings. The van der Waals surface area contributed by atoms with Crippen molar-refractivity contribution < 1.29 is 9.59 Å². The third-order valence-electron chi connectivity index (χ3n) is 5.65. The number of fused-ring (bicyclic) bond motifs is 3. The maximum atomic E-state index is 13.3. The van der Waals surface area contributed by atoms with E-state index in [2.05, 4.69) is 48.0 Å². The van der Waals surface area contributed by atoms with Crippen LogP contribution in [0.3, 0.4) is 0 Å². The molecule has 0 aliphatic carbocycles. The lowest BCUT2D eigenvalue weighted by Crippen LogP contribution is -2.66. The van der Waals surface area contributed by atoms with E-state index < -0.39 is 6.04 Å². The van der Waals surface area contributed by atoms with Gasteiger partial charge in [0.25, 0.3) is 5.91 Å². The van der Waals surface area contributed by atoms with Gasteiger partial charge in [-0.2, -0.15) is 5.10 Å². The van der Waals surface area contributed by atoms with Gasteiger partial charge in [0.2, 0.25) is 0 Å². The molecule has 0 saturated carbocycles. The highest BCUT2D eigenvalue weighted by molar-refractivity contribution is 6.01. The Morgan fingerprint density at radius 1 is 1.24 bits per heavy atom. The first-order valence-corrected chi connectivity index (χ1v) is 9.87. The van der Waals surface area contributed by atoms with Gasteiger partial charge < -0.3 is 4.90 Å². The van der Waals surface area contributed by atoms with Crippen LogP contribution in [0.1, 0.15) is 25.0 Å². The van der Waals surface area contributed by atoms with Crippen molar-refractivity contribution in [2.75, 3.05) is 20.1 Å². The third kappa shape index (κ3) is 3.42. The van der Waals surface area contributed by atoms with Crippen LogP contribution in [-0.2, 0) is 11.3 Å². The van der Waals surface area contributed by atoms with E-state index in [1.54, 1.807) is 11.9 Å². The number of hydrogen-bond donors (Lipinski definition) is 1. The summed E-state index contributed by atoms with van der Waals surface area (Å²) in [6.07, 6.45) is -0.637. The molecule has 1 N–H and O–H groups in total. The van der Waals surface area contributed by atoms with E-state index in [1.165, 1.54) is 10.5 Å². The summed E-state index contributed by atoms with van der Waals surface area (Å²) in [5, 5.41) is 10.2. The number of amides is 3.